The molecule has 2 heterocycles. The Morgan fingerprint density at radius 1 is 1.15 bits per heavy atom. The van der Waals surface area contributed by atoms with Gasteiger partial charge in [0.1, 0.15) is 5.41 Å². The number of carbonyl (C=O) groups is 1. The molecule has 2 aliphatic carbocycles. The van der Waals surface area contributed by atoms with Crippen LogP contribution in [0.4, 0.5) is 0 Å². The first kappa shape index (κ1) is 13.6. The zero-order chi connectivity index (χ0) is 14.2. The van der Waals surface area contributed by atoms with Crippen molar-refractivity contribution in [3.05, 3.63) is 0 Å². The van der Waals surface area contributed by atoms with Gasteiger partial charge in [-0.3, -0.25) is 4.79 Å². The Morgan fingerprint density at radius 2 is 1.80 bits per heavy atom. The number of halogens is 2. The molecule has 0 amide bonds. The second-order valence-corrected chi connectivity index (χ2v) is 8.07. The molecule has 0 bridgehead atoms. The van der Waals surface area contributed by atoms with Crippen LogP contribution in [0.3, 0.4) is 0 Å². The topological polar surface area (TPSA) is 62.4 Å². The highest BCUT2D eigenvalue weighted by Crippen LogP contribution is 2.83. The van der Waals surface area contributed by atoms with Crippen LogP contribution in [0.5, 0.6) is 0 Å². The van der Waals surface area contributed by atoms with Gasteiger partial charge < -0.3 is 14.6 Å². The summed E-state index contributed by atoms with van der Waals surface area (Å²) < 4.78 is 9.51. The lowest BCUT2D eigenvalue weighted by molar-refractivity contribution is -0.155. The predicted octanol–water partition coefficient (Wildman–Crippen LogP) is 3.45. The monoisotopic (exact) mass is 320 g/mol. The lowest BCUT2D eigenvalue weighted by atomic mass is 9.66. The van der Waals surface area contributed by atoms with Gasteiger partial charge in [-0.05, 0) is 18.8 Å². The second kappa shape index (κ2) is 3.83. The zero-order valence-electron chi connectivity index (χ0n) is 11.2. The molecule has 2 aliphatic heterocycles. The Hall–Kier alpha value is -0.0300. The van der Waals surface area contributed by atoms with E-state index in [9.17, 15) is 9.90 Å². The van der Waals surface area contributed by atoms with Crippen LogP contribution >= 0.6 is 23.2 Å². The molecule has 2 saturated heterocycles. The summed E-state index contributed by atoms with van der Waals surface area (Å²) in [6, 6.07) is 0. The molecule has 112 valence electrons. The molecular weight excluding hydrogens is 303 g/mol. The van der Waals surface area contributed by atoms with Crippen molar-refractivity contribution in [2.75, 3.05) is 0 Å². The van der Waals surface area contributed by atoms with Crippen LogP contribution in [-0.4, -0.2) is 27.0 Å². The number of ether oxygens (including phenoxy) is 2. The summed E-state index contributed by atoms with van der Waals surface area (Å²) in [7, 11) is 0. The maximum atomic E-state index is 12.0. The van der Waals surface area contributed by atoms with E-state index in [0.29, 0.717) is 25.2 Å². The normalized spacial score (nSPS) is 49.1. The van der Waals surface area contributed by atoms with Gasteiger partial charge in [-0.15, -0.1) is 0 Å². The van der Waals surface area contributed by atoms with Crippen LogP contribution in [0.1, 0.15) is 51.4 Å². The quantitative estimate of drug-likeness (QED) is 0.639. The molecule has 2 saturated carbocycles. The van der Waals surface area contributed by atoms with Gasteiger partial charge in [-0.1, -0.05) is 55.3 Å². The van der Waals surface area contributed by atoms with Gasteiger partial charge in [0.25, 0.3) is 5.79 Å². The third-order valence-corrected chi connectivity index (χ3v) is 6.92. The van der Waals surface area contributed by atoms with Crippen molar-refractivity contribution >= 4 is 29.2 Å². The van der Waals surface area contributed by atoms with Gasteiger partial charge in [0, 0.05) is 6.42 Å². The van der Waals surface area contributed by atoms with Crippen molar-refractivity contribution < 1.29 is 19.4 Å². The van der Waals surface area contributed by atoms with Crippen molar-refractivity contribution in [3.63, 3.8) is 0 Å². The minimum absolute atomic E-state index is 0.387. The minimum Gasteiger partial charge on any atom is -0.481 e. The molecule has 20 heavy (non-hydrogen) atoms. The first-order valence-corrected chi connectivity index (χ1v) is 8.16. The zero-order valence-corrected chi connectivity index (χ0v) is 12.7. The summed E-state index contributed by atoms with van der Waals surface area (Å²) in [6.45, 7) is 0. The van der Waals surface area contributed by atoms with E-state index in [1.807, 2.05) is 0 Å². The Labute approximate surface area is 127 Å². The van der Waals surface area contributed by atoms with Crippen LogP contribution in [0.25, 0.3) is 0 Å². The second-order valence-electron chi connectivity index (χ2n) is 6.74. The molecule has 0 aromatic rings. The van der Waals surface area contributed by atoms with Gasteiger partial charge in [0.15, 0.2) is 4.33 Å². The number of hydrogen-bond donors (Lipinski definition) is 1. The van der Waals surface area contributed by atoms with Gasteiger partial charge in [0.2, 0.25) is 5.79 Å². The maximum absolute atomic E-state index is 12.0. The Morgan fingerprint density at radius 3 is 2.40 bits per heavy atom. The van der Waals surface area contributed by atoms with E-state index in [1.165, 1.54) is 19.3 Å². The molecule has 6 heteroatoms. The standard InChI is InChI=1S/C14H18Cl2O4/c15-13(16)11(10(17)18,8-9-4-2-1-3-5-9)6-7-12-14(13,19-12)20-12/h9H,1-8H2,(H,17,18). The molecule has 0 radical (unpaired) electrons. The van der Waals surface area contributed by atoms with E-state index in [4.69, 9.17) is 32.7 Å². The molecule has 0 aromatic carbocycles. The smallest absolute Gasteiger partial charge is 0.312 e. The summed E-state index contributed by atoms with van der Waals surface area (Å²) in [5.74, 6) is -2.24. The molecule has 1 N–H and O–H groups in total. The molecule has 4 aliphatic rings. The number of hydrogen-bond acceptors (Lipinski definition) is 3. The van der Waals surface area contributed by atoms with Gasteiger partial charge in [0.05, 0.1) is 0 Å². The lowest BCUT2D eigenvalue weighted by Crippen LogP contribution is -2.54. The fourth-order valence-electron chi connectivity index (χ4n) is 4.35. The molecule has 0 spiro atoms. The summed E-state index contributed by atoms with van der Waals surface area (Å²) >= 11 is 13.0. The molecule has 0 aromatic heterocycles. The van der Waals surface area contributed by atoms with Gasteiger partial charge >= 0.3 is 5.97 Å². The number of epoxide rings is 2. The van der Waals surface area contributed by atoms with Gasteiger partial charge in [-0.2, -0.15) is 0 Å². The van der Waals surface area contributed by atoms with Crippen molar-refractivity contribution in [3.8, 4) is 0 Å². The number of alkyl halides is 2. The first-order valence-electron chi connectivity index (χ1n) is 7.41. The Balaban J connectivity index is 1.64. The van der Waals surface area contributed by atoms with E-state index in [-0.39, 0.29) is 0 Å². The summed E-state index contributed by atoms with van der Waals surface area (Å²) in [5, 5.41) is 9.84. The van der Waals surface area contributed by atoms with E-state index in [0.717, 1.165) is 12.8 Å². The molecule has 1 atom stereocenters. The van der Waals surface area contributed by atoms with Crippen molar-refractivity contribution in [1.29, 1.82) is 0 Å². The number of aliphatic carboxylic acids is 1. The third-order valence-electron chi connectivity index (χ3n) is 5.70. The van der Waals surface area contributed by atoms with Crippen LogP contribution in [0.15, 0.2) is 0 Å². The van der Waals surface area contributed by atoms with Crippen molar-refractivity contribution in [2.24, 2.45) is 11.3 Å². The maximum Gasteiger partial charge on any atom is 0.312 e. The van der Waals surface area contributed by atoms with Crippen LogP contribution < -0.4 is 0 Å². The largest absolute Gasteiger partial charge is 0.481 e. The number of carboxylic acids is 1. The van der Waals surface area contributed by atoms with E-state index < -0.39 is 27.3 Å². The Kier molecular flexibility index (Phi) is 2.61. The molecule has 4 rings (SSSR count). The van der Waals surface area contributed by atoms with E-state index in [1.54, 1.807) is 0 Å². The van der Waals surface area contributed by atoms with Gasteiger partial charge in [-0.25, -0.2) is 0 Å². The number of carboxylic acid groups (broad SMARTS) is 1. The Bertz CT molecular complexity index is 466. The third kappa shape index (κ3) is 1.39. The van der Waals surface area contributed by atoms with Crippen molar-refractivity contribution in [2.45, 2.75) is 67.3 Å². The summed E-state index contributed by atoms with van der Waals surface area (Å²) in [5.41, 5.74) is -1.16. The molecular formula is C14H18Cl2O4. The van der Waals surface area contributed by atoms with Crippen molar-refractivity contribution in [1.82, 2.24) is 0 Å². The first-order chi connectivity index (χ1) is 9.39. The average molecular weight is 321 g/mol. The van der Waals surface area contributed by atoms with Crippen LogP contribution in [0, 0.1) is 11.3 Å². The van der Waals surface area contributed by atoms with Crippen LogP contribution in [0.2, 0.25) is 0 Å². The summed E-state index contributed by atoms with van der Waals surface area (Å²) in [6.07, 6.45) is 7.24. The fraction of sp³-hybridized carbons (Fsp3) is 0.929. The van der Waals surface area contributed by atoms with Crippen LogP contribution in [-0.2, 0) is 14.3 Å². The molecule has 1 unspecified atom stereocenters. The highest BCUT2D eigenvalue weighted by atomic mass is 35.5. The highest BCUT2D eigenvalue weighted by Gasteiger charge is 3.02. The molecule has 4 nitrogen and oxygen atoms in total. The fourth-order valence-corrected chi connectivity index (χ4v) is 5.29. The SMILES string of the molecule is O=C(O)C1(CC2CCCCC2)CCC23OC2(O3)C1(Cl)Cl. The number of rotatable bonds is 3. The van der Waals surface area contributed by atoms with E-state index in [2.05, 4.69) is 0 Å². The minimum atomic E-state index is -1.50. The average Bonchev–Trinajstić information content (AvgIpc) is 3.21. The lowest BCUT2D eigenvalue weighted by Gasteiger charge is -2.42. The van der Waals surface area contributed by atoms with E-state index >= 15 is 0 Å². The summed E-state index contributed by atoms with van der Waals surface area (Å²) in [4.78, 5) is 12.0. The highest BCUT2D eigenvalue weighted by molar-refractivity contribution is 6.51. The predicted molar refractivity (Wildman–Crippen MR) is 72.6 cm³/mol. The molecule has 4 fully saturated rings.